The molecular weight excluding hydrogens is 202 g/mol. The van der Waals surface area contributed by atoms with Crippen LogP contribution in [0.25, 0.3) is 0 Å². The zero-order valence-corrected chi connectivity index (χ0v) is 10.2. The molecule has 16 heavy (non-hydrogen) atoms. The number of carboxylic acid groups (broad SMARTS) is 1. The first-order valence-electron chi connectivity index (χ1n) is 5.89. The van der Waals surface area contributed by atoms with Crippen molar-refractivity contribution in [2.24, 2.45) is 5.41 Å². The molecule has 88 valence electrons. The smallest absolute Gasteiger partial charge is 0.337 e. The zero-order valence-electron chi connectivity index (χ0n) is 10.2. The number of hydrogen-bond donors (Lipinski definition) is 1. The number of hydrogen-bond acceptors (Lipinski definition) is 1. The SMILES string of the molecule is CCC1(Cn2c(C)cc(C(=O)O)c2C)CC1. The van der Waals surface area contributed by atoms with Crippen LogP contribution in [0, 0.1) is 19.3 Å². The average Bonchev–Trinajstić information content (AvgIpc) is 2.96. The molecule has 0 atom stereocenters. The first kappa shape index (κ1) is 11.2. The molecule has 1 fully saturated rings. The summed E-state index contributed by atoms with van der Waals surface area (Å²) in [5.41, 5.74) is 2.85. The van der Waals surface area contributed by atoms with E-state index in [1.165, 1.54) is 19.3 Å². The quantitative estimate of drug-likeness (QED) is 0.849. The van der Waals surface area contributed by atoms with E-state index < -0.39 is 5.97 Å². The highest BCUT2D eigenvalue weighted by Crippen LogP contribution is 2.50. The minimum absolute atomic E-state index is 0.449. The van der Waals surface area contributed by atoms with E-state index in [1.54, 1.807) is 6.07 Å². The van der Waals surface area contributed by atoms with Gasteiger partial charge in [0.15, 0.2) is 0 Å². The van der Waals surface area contributed by atoms with Gasteiger partial charge in [-0.1, -0.05) is 6.92 Å². The van der Waals surface area contributed by atoms with E-state index in [-0.39, 0.29) is 0 Å². The number of carboxylic acids is 1. The molecule has 1 heterocycles. The van der Waals surface area contributed by atoms with E-state index in [0.29, 0.717) is 11.0 Å². The van der Waals surface area contributed by atoms with Gasteiger partial charge in [0.05, 0.1) is 5.56 Å². The van der Waals surface area contributed by atoms with Crippen molar-refractivity contribution in [3.8, 4) is 0 Å². The lowest BCUT2D eigenvalue weighted by Gasteiger charge is -2.17. The molecule has 0 spiro atoms. The largest absolute Gasteiger partial charge is 0.478 e. The second kappa shape index (κ2) is 3.65. The Morgan fingerprint density at radius 2 is 2.12 bits per heavy atom. The van der Waals surface area contributed by atoms with Gasteiger partial charge in [0, 0.05) is 17.9 Å². The van der Waals surface area contributed by atoms with Crippen LogP contribution >= 0.6 is 0 Å². The third-order valence-corrected chi connectivity index (χ3v) is 4.00. The Labute approximate surface area is 96.1 Å². The number of carbonyl (C=O) groups is 1. The van der Waals surface area contributed by atoms with Crippen molar-refractivity contribution in [3.63, 3.8) is 0 Å². The summed E-state index contributed by atoms with van der Waals surface area (Å²) in [5.74, 6) is -0.819. The number of aryl methyl sites for hydroxylation is 1. The normalized spacial score (nSPS) is 17.4. The maximum Gasteiger partial charge on any atom is 0.337 e. The third kappa shape index (κ3) is 1.75. The van der Waals surface area contributed by atoms with E-state index in [1.807, 2.05) is 13.8 Å². The van der Waals surface area contributed by atoms with Crippen LogP contribution in [-0.2, 0) is 6.54 Å². The van der Waals surface area contributed by atoms with Crippen molar-refractivity contribution in [1.29, 1.82) is 0 Å². The monoisotopic (exact) mass is 221 g/mol. The average molecular weight is 221 g/mol. The molecule has 0 saturated heterocycles. The number of nitrogens with zero attached hydrogens (tertiary/aromatic N) is 1. The molecule has 1 aromatic rings. The van der Waals surface area contributed by atoms with Crippen molar-refractivity contribution in [3.05, 3.63) is 23.0 Å². The lowest BCUT2D eigenvalue weighted by Crippen LogP contribution is -2.13. The third-order valence-electron chi connectivity index (χ3n) is 4.00. The molecule has 1 aliphatic rings. The zero-order chi connectivity index (χ0) is 11.9. The van der Waals surface area contributed by atoms with Gasteiger partial charge in [-0.15, -0.1) is 0 Å². The minimum Gasteiger partial charge on any atom is -0.478 e. The standard InChI is InChI=1S/C13H19NO2/c1-4-13(5-6-13)8-14-9(2)7-11(10(14)3)12(15)16/h7H,4-6,8H2,1-3H3,(H,15,16). The summed E-state index contributed by atoms with van der Waals surface area (Å²) in [6.45, 7) is 7.10. The fourth-order valence-electron chi connectivity index (χ4n) is 2.40. The van der Waals surface area contributed by atoms with Crippen molar-refractivity contribution in [2.45, 2.75) is 46.6 Å². The van der Waals surface area contributed by atoms with Crippen LogP contribution in [0.15, 0.2) is 6.07 Å². The molecule has 1 aliphatic carbocycles. The van der Waals surface area contributed by atoms with Crippen LogP contribution in [0.5, 0.6) is 0 Å². The molecular formula is C13H19NO2. The summed E-state index contributed by atoms with van der Waals surface area (Å²) in [6.07, 6.45) is 3.75. The van der Waals surface area contributed by atoms with Crippen LogP contribution in [0.2, 0.25) is 0 Å². The Balaban J connectivity index is 2.31. The summed E-state index contributed by atoms with van der Waals surface area (Å²) >= 11 is 0. The molecule has 0 amide bonds. The van der Waals surface area contributed by atoms with Crippen molar-refractivity contribution in [1.82, 2.24) is 4.57 Å². The highest BCUT2D eigenvalue weighted by molar-refractivity contribution is 5.89. The molecule has 0 aliphatic heterocycles. The Morgan fingerprint density at radius 3 is 2.50 bits per heavy atom. The van der Waals surface area contributed by atoms with Crippen LogP contribution in [-0.4, -0.2) is 15.6 Å². The minimum atomic E-state index is -0.819. The molecule has 0 unspecified atom stereocenters. The summed E-state index contributed by atoms with van der Waals surface area (Å²) < 4.78 is 2.17. The van der Waals surface area contributed by atoms with E-state index in [0.717, 1.165) is 17.9 Å². The van der Waals surface area contributed by atoms with E-state index >= 15 is 0 Å². The Bertz CT molecular complexity index is 427. The summed E-state index contributed by atoms with van der Waals surface area (Å²) in [5, 5.41) is 9.06. The highest BCUT2D eigenvalue weighted by atomic mass is 16.4. The maximum atomic E-state index is 11.0. The molecule has 0 radical (unpaired) electrons. The van der Waals surface area contributed by atoms with Gasteiger partial charge in [0.1, 0.15) is 0 Å². The second-order valence-electron chi connectivity index (χ2n) is 5.03. The van der Waals surface area contributed by atoms with Gasteiger partial charge in [0.25, 0.3) is 0 Å². The van der Waals surface area contributed by atoms with Gasteiger partial charge in [-0.25, -0.2) is 4.79 Å². The second-order valence-corrected chi connectivity index (χ2v) is 5.03. The Morgan fingerprint density at radius 1 is 1.50 bits per heavy atom. The van der Waals surface area contributed by atoms with E-state index in [2.05, 4.69) is 11.5 Å². The van der Waals surface area contributed by atoms with Crippen LogP contribution in [0.1, 0.15) is 47.9 Å². The van der Waals surface area contributed by atoms with Gasteiger partial charge >= 0.3 is 5.97 Å². The number of aromatic carboxylic acids is 1. The van der Waals surface area contributed by atoms with Crippen molar-refractivity contribution >= 4 is 5.97 Å². The summed E-state index contributed by atoms with van der Waals surface area (Å²) in [7, 11) is 0. The molecule has 1 N–H and O–H groups in total. The molecule has 1 saturated carbocycles. The molecule has 3 nitrogen and oxygen atoms in total. The number of rotatable bonds is 4. The van der Waals surface area contributed by atoms with E-state index in [4.69, 9.17) is 5.11 Å². The van der Waals surface area contributed by atoms with Gasteiger partial charge < -0.3 is 9.67 Å². The predicted molar refractivity (Wildman–Crippen MR) is 62.8 cm³/mol. The van der Waals surface area contributed by atoms with Gasteiger partial charge in [-0.2, -0.15) is 0 Å². The molecule has 2 rings (SSSR count). The first-order chi connectivity index (χ1) is 7.49. The fraction of sp³-hybridized carbons (Fsp3) is 0.615. The maximum absolute atomic E-state index is 11.0. The van der Waals surface area contributed by atoms with Gasteiger partial charge in [-0.3, -0.25) is 0 Å². The topological polar surface area (TPSA) is 42.2 Å². The molecule has 3 heteroatoms. The summed E-state index contributed by atoms with van der Waals surface area (Å²) in [4.78, 5) is 11.0. The molecule has 1 aromatic heterocycles. The van der Waals surface area contributed by atoms with Crippen LogP contribution in [0.3, 0.4) is 0 Å². The lowest BCUT2D eigenvalue weighted by molar-refractivity contribution is 0.0696. The molecule has 0 bridgehead atoms. The Kier molecular flexibility index (Phi) is 2.56. The van der Waals surface area contributed by atoms with Crippen molar-refractivity contribution in [2.75, 3.05) is 0 Å². The van der Waals surface area contributed by atoms with Crippen LogP contribution in [0.4, 0.5) is 0 Å². The fourth-order valence-corrected chi connectivity index (χ4v) is 2.40. The van der Waals surface area contributed by atoms with Gasteiger partial charge in [0.2, 0.25) is 0 Å². The number of aromatic nitrogens is 1. The van der Waals surface area contributed by atoms with Crippen molar-refractivity contribution < 1.29 is 9.90 Å². The summed E-state index contributed by atoms with van der Waals surface area (Å²) in [6, 6.07) is 1.78. The Hall–Kier alpha value is -1.25. The predicted octanol–water partition coefficient (Wildman–Crippen LogP) is 2.99. The first-order valence-corrected chi connectivity index (χ1v) is 5.89. The molecule has 0 aromatic carbocycles. The van der Waals surface area contributed by atoms with Gasteiger partial charge in [-0.05, 0) is 44.6 Å². The lowest BCUT2D eigenvalue weighted by atomic mass is 10.0. The van der Waals surface area contributed by atoms with E-state index in [9.17, 15) is 4.79 Å². The highest BCUT2D eigenvalue weighted by Gasteiger charge is 2.41. The van der Waals surface area contributed by atoms with Crippen LogP contribution < -0.4 is 0 Å².